The summed E-state index contributed by atoms with van der Waals surface area (Å²) in [4.78, 5) is 23.7. The monoisotopic (exact) mass is 303 g/mol. The lowest BCUT2D eigenvalue weighted by atomic mass is 9.84. The van der Waals surface area contributed by atoms with Crippen LogP contribution in [0.25, 0.3) is 0 Å². The highest BCUT2D eigenvalue weighted by Crippen LogP contribution is 2.36. The summed E-state index contributed by atoms with van der Waals surface area (Å²) in [5, 5.41) is 9.93. The molecule has 0 saturated heterocycles. The van der Waals surface area contributed by atoms with Crippen LogP contribution < -0.4 is 0 Å². The molecule has 0 fully saturated rings. The second-order valence-electron chi connectivity index (χ2n) is 4.49. The Morgan fingerprint density at radius 2 is 1.43 bits per heavy atom. The van der Waals surface area contributed by atoms with Crippen molar-refractivity contribution in [2.75, 3.05) is 0 Å². The molecule has 2 aromatic carbocycles. The normalized spacial score (nSPS) is 13.8. The van der Waals surface area contributed by atoms with Gasteiger partial charge in [0, 0.05) is 16.7 Å². The molecule has 0 unspecified atom stereocenters. The molecule has 106 valence electrons. The van der Waals surface area contributed by atoms with Crippen LogP contribution >= 0.6 is 0 Å². The van der Waals surface area contributed by atoms with Crippen LogP contribution in [0.15, 0.2) is 41.3 Å². The van der Waals surface area contributed by atoms with Crippen molar-refractivity contribution in [3.05, 3.63) is 58.7 Å². The molecule has 0 spiro atoms. The fraction of sp³-hybridized carbons (Fsp3) is 0. The van der Waals surface area contributed by atoms with Crippen LogP contribution in [0.5, 0.6) is 5.75 Å². The largest absolute Gasteiger partial charge is 0.744 e. The predicted octanol–water partition coefficient (Wildman–Crippen LogP) is 1.07. The van der Waals surface area contributed by atoms with Gasteiger partial charge in [-0.25, -0.2) is 8.42 Å². The average Bonchev–Trinajstić information content (AvgIpc) is 2.43. The minimum atomic E-state index is -4.95. The summed E-state index contributed by atoms with van der Waals surface area (Å²) in [5.74, 6) is -2.18. The Hall–Kier alpha value is -2.51. The van der Waals surface area contributed by atoms with Crippen LogP contribution in [0.3, 0.4) is 0 Å². The zero-order chi connectivity index (χ0) is 15.4. The van der Waals surface area contributed by atoms with Gasteiger partial charge in [-0.2, -0.15) is 0 Å². The smallest absolute Gasteiger partial charge is 0.198 e. The van der Waals surface area contributed by atoms with Gasteiger partial charge < -0.3 is 9.66 Å². The molecule has 0 heterocycles. The van der Waals surface area contributed by atoms with Gasteiger partial charge in [0.1, 0.15) is 15.9 Å². The predicted molar refractivity (Wildman–Crippen MR) is 69.4 cm³/mol. The first kappa shape index (κ1) is 13.5. The summed E-state index contributed by atoms with van der Waals surface area (Å²) in [6, 6.07) is 7.89. The molecule has 0 aliphatic heterocycles. The third kappa shape index (κ3) is 1.86. The van der Waals surface area contributed by atoms with Crippen LogP contribution in [-0.4, -0.2) is 29.6 Å². The molecule has 3 rings (SSSR count). The SMILES string of the molecule is O=C1c2ccccc2C(=O)c2c1ccc(S(=O)(=O)[O-])c2O. The fourth-order valence-corrected chi connectivity index (χ4v) is 2.93. The first-order valence-corrected chi connectivity index (χ1v) is 7.23. The number of phenolic OH excluding ortho intramolecular Hbond substituents is 1. The maximum absolute atomic E-state index is 12.3. The number of fused-ring (bicyclic) bond motifs is 2. The molecule has 0 aromatic heterocycles. The van der Waals surface area contributed by atoms with Crippen LogP contribution in [0.4, 0.5) is 0 Å². The van der Waals surface area contributed by atoms with Crippen molar-refractivity contribution in [1.29, 1.82) is 0 Å². The fourth-order valence-electron chi connectivity index (χ4n) is 2.35. The van der Waals surface area contributed by atoms with Crippen molar-refractivity contribution < 1.29 is 27.7 Å². The minimum Gasteiger partial charge on any atom is -0.744 e. The number of carbonyl (C=O) groups is 2. The number of benzene rings is 2. The molecule has 1 N–H and O–H groups in total. The first-order chi connectivity index (χ1) is 9.82. The highest BCUT2D eigenvalue weighted by atomic mass is 32.2. The van der Waals surface area contributed by atoms with Crippen molar-refractivity contribution in [2.24, 2.45) is 0 Å². The van der Waals surface area contributed by atoms with E-state index in [-0.39, 0.29) is 16.7 Å². The molecule has 1 aliphatic carbocycles. The van der Waals surface area contributed by atoms with Gasteiger partial charge in [-0.1, -0.05) is 24.3 Å². The molecule has 0 bridgehead atoms. The zero-order valence-corrected chi connectivity index (χ0v) is 11.2. The standard InChI is InChI=1S/C14H8O6S/c15-12-7-3-1-2-4-8(7)13(16)11-9(12)5-6-10(14(11)17)21(18,19)20/h1-6,17H,(H,18,19,20)/p-1. The van der Waals surface area contributed by atoms with E-state index in [1.807, 2.05) is 0 Å². The van der Waals surface area contributed by atoms with Gasteiger partial charge in [-0.05, 0) is 12.1 Å². The third-order valence-electron chi connectivity index (χ3n) is 3.30. The van der Waals surface area contributed by atoms with E-state index in [9.17, 15) is 27.7 Å². The summed E-state index contributed by atoms with van der Waals surface area (Å²) >= 11 is 0. The van der Waals surface area contributed by atoms with Crippen LogP contribution in [-0.2, 0) is 10.1 Å². The summed E-state index contributed by atoms with van der Waals surface area (Å²) in [7, 11) is -4.95. The molecule has 0 amide bonds. The van der Waals surface area contributed by atoms with Crippen molar-refractivity contribution >= 4 is 21.7 Å². The van der Waals surface area contributed by atoms with Gasteiger partial charge >= 0.3 is 0 Å². The Kier molecular flexibility index (Phi) is 2.72. The van der Waals surface area contributed by atoms with E-state index in [0.717, 1.165) is 12.1 Å². The Bertz CT molecular complexity index is 911. The van der Waals surface area contributed by atoms with Gasteiger partial charge in [-0.15, -0.1) is 0 Å². The maximum atomic E-state index is 12.3. The third-order valence-corrected chi connectivity index (χ3v) is 4.17. The number of rotatable bonds is 1. The number of ketones is 2. The number of hydrogen-bond acceptors (Lipinski definition) is 6. The van der Waals surface area contributed by atoms with E-state index >= 15 is 0 Å². The van der Waals surface area contributed by atoms with E-state index in [0.29, 0.717) is 0 Å². The van der Waals surface area contributed by atoms with E-state index in [1.165, 1.54) is 12.1 Å². The lowest BCUT2D eigenvalue weighted by Crippen LogP contribution is -2.21. The van der Waals surface area contributed by atoms with Gasteiger partial charge in [0.15, 0.2) is 11.6 Å². The summed E-state index contributed by atoms with van der Waals surface area (Å²) in [6.45, 7) is 0. The molecular formula is C14H7O6S-. The van der Waals surface area contributed by atoms with E-state index in [2.05, 4.69) is 0 Å². The van der Waals surface area contributed by atoms with E-state index in [1.54, 1.807) is 12.1 Å². The quantitative estimate of drug-likeness (QED) is 0.673. The van der Waals surface area contributed by atoms with Gasteiger partial charge in [0.05, 0.1) is 10.5 Å². The average molecular weight is 303 g/mol. The molecule has 2 aromatic rings. The molecule has 0 saturated carbocycles. The van der Waals surface area contributed by atoms with Crippen LogP contribution in [0.1, 0.15) is 31.8 Å². The molecule has 0 atom stereocenters. The Labute approximate surface area is 119 Å². The molecular weight excluding hydrogens is 296 g/mol. The van der Waals surface area contributed by atoms with Crippen LogP contribution in [0, 0.1) is 0 Å². The maximum Gasteiger partial charge on any atom is 0.198 e. The summed E-state index contributed by atoms with van der Waals surface area (Å²) < 4.78 is 33.2. The Morgan fingerprint density at radius 3 is 2.00 bits per heavy atom. The highest BCUT2D eigenvalue weighted by molar-refractivity contribution is 7.85. The minimum absolute atomic E-state index is 0.0609. The number of phenols is 1. The number of aromatic hydroxyl groups is 1. The lowest BCUT2D eigenvalue weighted by Gasteiger charge is -2.20. The zero-order valence-electron chi connectivity index (χ0n) is 10.4. The number of carbonyl (C=O) groups excluding carboxylic acids is 2. The molecule has 1 aliphatic rings. The number of hydrogen-bond donors (Lipinski definition) is 1. The van der Waals surface area contributed by atoms with Gasteiger partial charge in [-0.3, -0.25) is 9.59 Å². The van der Waals surface area contributed by atoms with Crippen molar-refractivity contribution in [2.45, 2.75) is 4.90 Å². The Balaban J connectivity index is 2.37. The van der Waals surface area contributed by atoms with E-state index in [4.69, 9.17) is 0 Å². The van der Waals surface area contributed by atoms with Crippen molar-refractivity contribution in [3.63, 3.8) is 0 Å². The molecule has 0 radical (unpaired) electrons. The van der Waals surface area contributed by atoms with E-state index < -0.39 is 37.9 Å². The second kappa shape index (κ2) is 4.24. The van der Waals surface area contributed by atoms with Crippen LogP contribution in [0.2, 0.25) is 0 Å². The Morgan fingerprint density at radius 1 is 0.857 bits per heavy atom. The summed E-state index contributed by atoms with van der Waals surface area (Å²) in [5.41, 5.74) is -0.336. The lowest BCUT2D eigenvalue weighted by molar-refractivity contribution is 0.0976. The molecule has 7 heteroatoms. The molecule has 21 heavy (non-hydrogen) atoms. The van der Waals surface area contributed by atoms with Crippen molar-refractivity contribution in [3.8, 4) is 5.75 Å². The topological polar surface area (TPSA) is 112 Å². The van der Waals surface area contributed by atoms with Gasteiger partial charge in [0.2, 0.25) is 0 Å². The molecule has 6 nitrogen and oxygen atoms in total. The first-order valence-electron chi connectivity index (χ1n) is 5.82. The highest BCUT2D eigenvalue weighted by Gasteiger charge is 2.33. The second-order valence-corrected chi connectivity index (χ2v) is 5.84. The van der Waals surface area contributed by atoms with Gasteiger partial charge in [0.25, 0.3) is 0 Å². The summed E-state index contributed by atoms with van der Waals surface area (Å²) in [6.07, 6.45) is 0. The van der Waals surface area contributed by atoms with Crippen molar-refractivity contribution in [1.82, 2.24) is 0 Å².